The molecule has 0 radical (unpaired) electrons. The van der Waals surface area contributed by atoms with E-state index >= 15 is 0 Å². The maximum atomic E-state index is 13.3. The first-order valence-corrected chi connectivity index (χ1v) is 11.4. The highest BCUT2D eigenvalue weighted by atomic mass is 16.5. The number of rotatable bonds is 6. The number of likely N-dealkylation sites (N-methyl/N-ethyl adjacent to an activating group) is 1. The number of amides is 3. The molecule has 172 valence electrons. The van der Waals surface area contributed by atoms with E-state index < -0.39 is 0 Å². The summed E-state index contributed by atoms with van der Waals surface area (Å²) in [6, 6.07) is 4.80. The van der Waals surface area contributed by atoms with Gasteiger partial charge < -0.3 is 30.7 Å². The van der Waals surface area contributed by atoms with Gasteiger partial charge >= 0.3 is 6.03 Å². The molecule has 0 aromatic heterocycles. The summed E-state index contributed by atoms with van der Waals surface area (Å²) in [6.45, 7) is 4.82. The van der Waals surface area contributed by atoms with Gasteiger partial charge in [-0.3, -0.25) is 4.79 Å². The van der Waals surface area contributed by atoms with Gasteiger partial charge in [-0.15, -0.1) is 0 Å². The van der Waals surface area contributed by atoms with E-state index in [9.17, 15) is 14.7 Å². The number of aliphatic hydroxyl groups excluding tert-OH is 1. The molecule has 3 rings (SSSR count). The molecule has 8 nitrogen and oxygen atoms in total. The normalized spacial score (nSPS) is 23.2. The third kappa shape index (κ3) is 5.68. The first kappa shape index (κ1) is 23.3. The highest BCUT2D eigenvalue weighted by Gasteiger charge is 2.34. The van der Waals surface area contributed by atoms with Crippen molar-refractivity contribution in [2.45, 2.75) is 64.1 Å². The summed E-state index contributed by atoms with van der Waals surface area (Å²) in [4.78, 5) is 27.7. The van der Waals surface area contributed by atoms with Crippen molar-refractivity contribution in [3.05, 3.63) is 23.8 Å². The topological polar surface area (TPSA) is 103 Å². The van der Waals surface area contributed by atoms with Crippen molar-refractivity contribution in [2.24, 2.45) is 5.92 Å². The van der Waals surface area contributed by atoms with Crippen LogP contribution >= 0.6 is 0 Å². The predicted octanol–water partition coefficient (Wildman–Crippen LogP) is 2.58. The fourth-order valence-corrected chi connectivity index (χ4v) is 4.38. The van der Waals surface area contributed by atoms with E-state index in [1.54, 1.807) is 23.1 Å². The molecule has 1 aliphatic carbocycles. The second kappa shape index (κ2) is 10.8. The van der Waals surface area contributed by atoms with Crippen LogP contribution in [0.3, 0.4) is 0 Å². The molecule has 1 heterocycles. The molecule has 2 aliphatic rings. The highest BCUT2D eigenvalue weighted by molar-refractivity contribution is 6.01. The minimum atomic E-state index is -0.317. The summed E-state index contributed by atoms with van der Waals surface area (Å²) >= 11 is 0. The second-order valence-electron chi connectivity index (χ2n) is 8.80. The van der Waals surface area contributed by atoms with E-state index in [0.29, 0.717) is 30.1 Å². The van der Waals surface area contributed by atoms with Crippen LogP contribution in [0.1, 0.15) is 56.3 Å². The number of carbonyl (C=O) groups is 2. The van der Waals surface area contributed by atoms with Gasteiger partial charge in [-0.1, -0.05) is 32.3 Å². The lowest BCUT2D eigenvalue weighted by molar-refractivity contribution is 0.0417. The number of hydrogen-bond acceptors (Lipinski definition) is 5. The van der Waals surface area contributed by atoms with Crippen LogP contribution in [0.25, 0.3) is 0 Å². The molecule has 1 fully saturated rings. The largest absolute Gasteiger partial charge is 0.486 e. The van der Waals surface area contributed by atoms with E-state index in [0.717, 1.165) is 25.7 Å². The van der Waals surface area contributed by atoms with Crippen LogP contribution in [0.4, 0.5) is 10.5 Å². The Morgan fingerprint density at radius 2 is 2.03 bits per heavy atom. The molecule has 31 heavy (non-hydrogen) atoms. The summed E-state index contributed by atoms with van der Waals surface area (Å²) in [5, 5.41) is 18.8. The van der Waals surface area contributed by atoms with Crippen molar-refractivity contribution >= 4 is 17.6 Å². The van der Waals surface area contributed by atoms with Crippen LogP contribution in [-0.4, -0.2) is 66.9 Å². The lowest BCUT2D eigenvalue weighted by Gasteiger charge is -2.37. The Morgan fingerprint density at radius 1 is 1.29 bits per heavy atom. The van der Waals surface area contributed by atoms with Crippen molar-refractivity contribution in [1.82, 2.24) is 15.5 Å². The Hall–Kier alpha value is -2.32. The molecule has 3 atom stereocenters. The molecule has 0 bridgehead atoms. The molecular formula is C23H36N4O4. The van der Waals surface area contributed by atoms with Gasteiger partial charge in [-0.25, -0.2) is 4.79 Å². The number of hydrogen-bond donors (Lipinski definition) is 4. The minimum Gasteiger partial charge on any atom is -0.486 e. The van der Waals surface area contributed by atoms with Crippen LogP contribution in [0, 0.1) is 5.92 Å². The quantitative estimate of drug-likeness (QED) is 0.553. The van der Waals surface area contributed by atoms with Crippen molar-refractivity contribution in [1.29, 1.82) is 0 Å². The van der Waals surface area contributed by atoms with Gasteiger partial charge in [-0.05, 0) is 38.9 Å². The highest BCUT2D eigenvalue weighted by Crippen LogP contribution is 2.34. The van der Waals surface area contributed by atoms with Gasteiger partial charge in [0.1, 0.15) is 6.10 Å². The number of urea groups is 1. The molecule has 8 heteroatoms. The number of carbonyl (C=O) groups excluding carboxylic acids is 2. The Balaban J connectivity index is 1.89. The van der Waals surface area contributed by atoms with Gasteiger partial charge in [0.2, 0.25) is 0 Å². The molecule has 0 spiro atoms. The SMILES string of the molecule is CNC[C@H]1Oc2c(NC(=O)NC3CCCCC3)cccc2C(=O)N([C@@H](C)CO)C[C@H]1C. The first-order chi connectivity index (χ1) is 14.9. The summed E-state index contributed by atoms with van der Waals surface area (Å²) in [7, 11) is 1.86. The summed E-state index contributed by atoms with van der Waals surface area (Å²) in [6.07, 6.45) is 5.26. The van der Waals surface area contributed by atoms with Crippen molar-refractivity contribution in [3.63, 3.8) is 0 Å². The average molecular weight is 433 g/mol. The van der Waals surface area contributed by atoms with Gasteiger partial charge in [0.25, 0.3) is 5.91 Å². The maximum absolute atomic E-state index is 13.3. The molecule has 4 N–H and O–H groups in total. The number of ether oxygens (including phenoxy) is 1. The fraction of sp³-hybridized carbons (Fsp3) is 0.652. The number of anilines is 1. The zero-order valence-electron chi connectivity index (χ0n) is 18.8. The molecule has 0 unspecified atom stereocenters. The van der Waals surface area contributed by atoms with Gasteiger partial charge in [-0.2, -0.15) is 0 Å². The van der Waals surface area contributed by atoms with Crippen molar-refractivity contribution < 1.29 is 19.4 Å². The minimum absolute atomic E-state index is 0.0303. The Morgan fingerprint density at radius 3 is 2.71 bits per heavy atom. The number of nitrogens with zero attached hydrogens (tertiary/aromatic N) is 1. The number of benzene rings is 1. The van der Waals surface area contributed by atoms with Gasteiger partial charge in [0.15, 0.2) is 5.75 Å². The predicted molar refractivity (Wildman–Crippen MR) is 121 cm³/mol. The molecule has 0 saturated heterocycles. The molecule has 1 aliphatic heterocycles. The smallest absolute Gasteiger partial charge is 0.319 e. The fourth-order valence-electron chi connectivity index (χ4n) is 4.38. The van der Waals surface area contributed by atoms with Crippen LogP contribution < -0.4 is 20.7 Å². The molecule has 3 amide bonds. The van der Waals surface area contributed by atoms with Crippen LogP contribution in [0.15, 0.2) is 18.2 Å². The van der Waals surface area contributed by atoms with E-state index in [-0.39, 0.29) is 42.7 Å². The maximum Gasteiger partial charge on any atom is 0.319 e. The monoisotopic (exact) mass is 432 g/mol. The standard InChI is InChI=1S/C23H36N4O4/c1-15-13-27(16(2)14-28)22(29)18-10-7-11-19(21(18)31-20(15)12-24-3)26-23(30)25-17-8-5-4-6-9-17/h7,10-11,15-17,20,24,28H,4-6,8-9,12-14H2,1-3H3,(H2,25,26,30)/t15-,16+,20-/m1/s1. The summed E-state index contributed by atoms with van der Waals surface area (Å²) in [5.41, 5.74) is 0.870. The summed E-state index contributed by atoms with van der Waals surface area (Å²) < 4.78 is 6.33. The van der Waals surface area contributed by atoms with Crippen LogP contribution in [-0.2, 0) is 0 Å². The van der Waals surface area contributed by atoms with Crippen molar-refractivity contribution in [3.8, 4) is 5.75 Å². The molecule has 1 saturated carbocycles. The number of para-hydroxylation sites is 1. The first-order valence-electron chi connectivity index (χ1n) is 11.4. The number of fused-ring (bicyclic) bond motifs is 1. The van der Waals surface area contributed by atoms with E-state index in [1.807, 2.05) is 20.9 Å². The lowest BCUT2D eigenvalue weighted by Crippen LogP contribution is -2.49. The van der Waals surface area contributed by atoms with Crippen LogP contribution in [0.2, 0.25) is 0 Å². The number of nitrogens with one attached hydrogen (secondary N) is 3. The van der Waals surface area contributed by atoms with E-state index in [4.69, 9.17) is 4.74 Å². The average Bonchev–Trinajstić information content (AvgIpc) is 2.76. The Bertz CT molecular complexity index is 766. The van der Waals surface area contributed by atoms with E-state index in [2.05, 4.69) is 16.0 Å². The lowest BCUT2D eigenvalue weighted by atomic mass is 9.96. The third-order valence-electron chi connectivity index (χ3n) is 6.29. The molecule has 1 aromatic carbocycles. The third-order valence-corrected chi connectivity index (χ3v) is 6.29. The molecule has 1 aromatic rings. The van der Waals surface area contributed by atoms with E-state index in [1.165, 1.54) is 6.42 Å². The number of aliphatic hydroxyl groups is 1. The van der Waals surface area contributed by atoms with Gasteiger partial charge in [0.05, 0.1) is 23.9 Å². The Kier molecular flexibility index (Phi) is 8.15. The van der Waals surface area contributed by atoms with Crippen LogP contribution in [0.5, 0.6) is 5.75 Å². The summed E-state index contributed by atoms with van der Waals surface area (Å²) in [5.74, 6) is 0.207. The Labute approximate surface area is 184 Å². The zero-order chi connectivity index (χ0) is 22.4. The molecular weight excluding hydrogens is 396 g/mol. The van der Waals surface area contributed by atoms with Gasteiger partial charge in [0, 0.05) is 25.0 Å². The second-order valence-corrected chi connectivity index (χ2v) is 8.80. The zero-order valence-corrected chi connectivity index (χ0v) is 18.8. The van der Waals surface area contributed by atoms with Crippen molar-refractivity contribution in [2.75, 3.05) is 32.1 Å².